The molecule has 0 spiro atoms. The van der Waals surface area contributed by atoms with Gasteiger partial charge in [-0.05, 0) is 122 Å². The van der Waals surface area contributed by atoms with E-state index in [2.05, 4.69) is 86.0 Å². The molecule has 4 aromatic rings. The Balaban J connectivity index is 1.21. The number of nitrogens with one attached hydrogen (secondary N) is 1. The van der Waals surface area contributed by atoms with Crippen LogP contribution in [0.1, 0.15) is 83.8 Å². The Morgan fingerprint density at radius 2 is 1.89 bits per heavy atom. The maximum Gasteiger partial charge on any atom is 0.177 e. The molecule has 2 aliphatic heterocycles. The van der Waals surface area contributed by atoms with Crippen molar-refractivity contribution in [1.29, 1.82) is 0 Å². The third-order valence-electron chi connectivity index (χ3n) is 10.6. The van der Waals surface area contributed by atoms with Crippen LogP contribution in [0.5, 0.6) is 5.75 Å². The SMILES string of the molecule is CC1=C(c2ccccn2)N=C(CC2CCOc3ccc(-c4cnc5nc(C)[nH]c5c4)cc3CC2C)C2=C(CCC(C)(C)C2)C1C. The summed E-state index contributed by atoms with van der Waals surface area (Å²) in [4.78, 5) is 22.7. The molecule has 3 atom stereocenters. The molecular formula is C39H45N5O. The van der Waals surface area contributed by atoms with Crippen LogP contribution < -0.4 is 4.74 Å². The first-order chi connectivity index (χ1) is 21.6. The molecule has 3 aliphatic rings. The van der Waals surface area contributed by atoms with Crippen LogP contribution in [0.4, 0.5) is 0 Å². The minimum Gasteiger partial charge on any atom is -0.493 e. The number of hydrogen-bond donors (Lipinski definition) is 1. The summed E-state index contributed by atoms with van der Waals surface area (Å²) in [6, 6.07) is 14.9. The highest BCUT2D eigenvalue weighted by Crippen LogP contribution is 2.47. The Kier molecular flexibility index (Phi) is 7.71. The number of rotatable bonds is 4. The number of H-pyrrole nitrogens is 1. The van der Waals surface area contributed by atoms with E-state index in [9.17, 15) is 0 Å². The third kappa shape index (κ3) is 5.87. The number of benzene rings is 1. The van der Waals surface area contributed by atoms with Crippen LogP contribution in [0, 0.1) is 30.1 Å². The monoisotopic (exact) mass is 599 g/mol. The molecule has 0 fully saturated rings. The lowest BCUT2D eigenvalue weighted by Gasteiger charge is -2.36. The molecule has 0 saturated heterocycles. The van der Waals surface area contributed by atoms with E-state index >= 15 is 0 Å². The molecule has 3 unspecified atom stereocenters. The van der Waals surface area contributed by atoms with Crippen molar-refractivity contribution in [2.75, 3.05) is 6.61 Å². The fourth-order valence-electron chi connectivity index (χ4n) is 7.67. The summed E-state index contributed by atoms with van der Waals surface area (Å²) in [5, 5.41) is 0. The number of aromatic amines is 1. The second-order valence-corrected chi connectivity index (χ2v) is 14.4. The van der Waals surface area contributed by atoms with E-state index in [4.69, 9.17) is 14.7 Å². The van der Waals surface area contributed by atoms with Gasteiger partial charge < -0.3 is 9.72 Å². The summed E-state index contributed by atoms with van der Waals surface area (Å²) < 4.78 is 6.45. The highest BCUT2D eigenvalue weighted by atomic mass is 16.5. The standard InChI is InChI=1S/C39H45N5O/c1-23-17-29-18-28(30-20-35-38(41-22-30)43-26(4)42-35)10-11-36(29)45-16-13-27(23)19-34-32-21-39(5,6)14-12-31(32)24(2)25(3)37(44-34)33-9-7-8-15-40-33/h7-11,15,18,20,22-24,27H,12-14,16-17,19,21H2,1-6H3,(H,41,42,43). The largest absolute Gasteiger partial charge is 0.493 e. The molecule has 0 amide bonds. The van der Waals surface area contributed by atoms with Gasteiger partial charge in [0.2, 0.25) is 0 Å². The smallest absolute Gasteiger partial charge is 0.177 e. The second-order valence-electron chi connectivity index (χ2n) is 14.4. The second kappa shape index (κ2) is 11.7. The molecule has 232 valence electrons. The molecule has 6 nitrogen and oxygen atoms in total. The van der Waals surface area contributed by atoms with Gasteiger partial charge in [0.25, 0.3) is 0 Å². The molecular weight excluding hydrogens is 554 g/mol. The number of pyridine rings is 2. The topological polar surface area (TPSA) is 76.1 Å². The Hall–Kier alpha value is -4.06. The van der Waals surface area contributed by atoms with Crippen molar-refractivity contribution in [3.8, 4) is 16.9 Å². The first-order valence-corrected chi connectivity index (χ1v) is 16.7. The molecule has 0 bridgehead atoms. The van der Waals surface area contributed by atoms with Gasteiger partial charge in [-0.3, -0.25) is 9.98 Å². The van der Waals surface area contributed by atoms with E-state index in [0.29, 0.717) is 24.4 Å². The molecule has 0 radical (unpaired) electrons. The van der Waals surface area contributed by atoms with Gasteiger partial charge in [0.15, 0.2) is 5.65 Å². The van der Waals surface area contributed by atoms with Crippen LogP contribution in [0.25, 0.3) is 28.0 Å². The van der Waals surface area contributed by atoms with Crippen molar-refractivity contribution < 1.29 is 4.74 Å². The lowest BCUT2D eigenvalue weighted by atomic mass is 9.69. The molecule has 45 heavy (non-hydrogen) atoms. The predicted octanol–water partition coefficient (Wildman–Crippen LogP) is 9.32. The number of aliphatic imine (C=N–C) groups is 1. The zero-order valence-corrected chi connectivity index (χ0v) is 27.6. The fraction of sp³-hybridized carbons (Fsp3) is 0.436. The van der Waals surface area contributed by atoms with E-state index in [1.807, 2.05) is 25.4 Å². The summed E-state index contributed by atoms with van der Waals surface area (Å²) in [6.07, 6.45) is 10.2. The predicted molar refractivity (Wildman–Crippen MR) is 183 cm³/mol. The van der Waals surface area contributed by atoms with Crippen molar-refractivity contribution in [2.24, 2.45) is 28.2 Å². The number of hydrogen-bond acceptors (Lipinski definition) is 5. The van der Waals surface area contributed by atoms with Gasteiger partial charge in [-0.15, -0.1) is 0 Å². The molecule has 0 saturated carbocycles. The van der Waals surface area contributed by atoms with Crippen LogP contribution in [-0.2, 0) is 6.42 Å². The van der Waals surface area contributed by atoms with Gasteiger partial charge in [0, 0.05) is 29.6 Å². The van der Waals surface area contributed by atoms with Crippen molar-refractivity contribution in [3.63, 3.8) is 0 Å². The Labute approximate surface area is 267 Å². The number of allylic oxidation sites excluding steroid dienone is 3. The Morgan fingerprint density at radius 3 is 2.71 bits per heavy atom. The first kappa shape index (κ1) is 29.6. The molecule has 3 aromatic heterocycles. The van der Waals surface area contributed by atoms with Crippen molar-refractivity contribution >= 4 is 22.6 Å². The van der Waals surface area contributed by atoms with E-state index in [-0.39, 0.29) is 5.41 Å². The van der Waals surface area contributed by atoms with Crippen LogP contribution >= 0.6 is 0 Å². The molecule has 5 heterocycles. The van der Waals surface area contributed by atoms with Gasteiger partial charge in [-0.2, -0.15) is 0 Å². The molecule has 1 aliphatic carbocycles. The number of ether oxygens (including phenoxy) is 1. The van der Waals surface area contributed by atoms with E-state index in [1.54, 1.807) is 5.57 Å². The van der Waals surface area contributed by atoms with Gasteiger partial charge in [0.05, 0.1) is 23.5 Å². The minimum atomic E-state index is 0.278. The maximum atomic E-state index is 6.45. The fourth-order valence-corrected chi connectivity index (χ4v) is 7.67. The van der Waals surface area contributed by atoms with Gasteiger partial charge in [0.1, 0.15) is 11.6 Å². The van der Waals surface area contributed by atoms with Crippen molar-refractivity contribution in [2.45, 2.75) is 80.1 Å². The summed E-state index contributed by atoms with van der Waals surface area (Å²) in [5.74, 6) is 3.20. The number of fused-ring (bicyclic) bond motifs is 2. The summed E-state index contributed by atoms with van der Waals surface area (Å²) in [7, 11) is 0. The lowest BCUT2D eigenvalue weighted by Crippen LogP contribution is -2.28. The van der Waals surface area contributed by atoms with Crippen molar-refractivity contribution in [3.05, 3.63) is 88.7 Å². The number of aryl methyl sites for hydroxylation is 1. The van der Waals surface area contributed by atoms with Crippen LogP contribution in [0.3, 0.4) is 0 Å². The molecule has 7 rings (SSSR count). The zero-order chi connectivity index (χ0) is 31.3. The quantitative estimate of drug-likeness (QED) is 0.254. The van der Waals surface area contributed by atoms with Gasteiger partial charge >= 0.3 is 0 Å². The highest BCUT2D eigenvalue weighted by Gasteiger charge is 2.35. The van der Waals surface area contributed by atoms with E-state index in [0.717, 1.165) is 77.4 Å². The van der Waals surface area contributed by atoms with Crippen molar-refractivity contribution in [1.82, 2.24) is 19.9 Å². The highest BCUT2D eigenvalue weighted by molar-refractivity contribution is 6.05. The summed E-state index contributed by atoms with van der Waals surface area (Å²) in [5.41, 5.74) is 13.3. The third-order valence-corrected chi connectivity index (χ3v) is 10.6. The Morgan fingerprint density at radius 1 is 1.02 bits per heavy atom. The molecule has 1 N–H and O–H groups in total. The average Bonchev–Trinajstić information content (AvgIpc) is 3.36. The molecule has 6 heteroatoms. The zero-order valence-electron chi connectivity index (χ0n) is 27.6. The maximum absolute atomic E-state index is 6.45. The van der Waals surface area contributed by atoms with Gasteiger partial charge in [-0.1, -0.05) is 45.4 Å². The van der Waals surface area contributed by atoms with E-state index in [1.165, 1.54) is 28.8 Å². The molecule has 1 aromatic carbocycles. The Bertz CT molecular complexity index is 1840. The summed E-state index contributed by atoms with van der Waals surface area (Å²) in [6.45, 7) is 14.6. The van der Waals surface area contributed by atoms with Crippen LogP contribution in [0.2, 0.25) is 0 Å². The summed E-state index contributed by atoms with van der Waals surface area (Å²) >= 11 is 0. The normalized spacial score (nSPS) is 23.4. The first-order valence-electron chi connectivity index (χ1n) is 16.7. The number of imidazole rings is 1. The minimum absolute atomic E-state index is 0.278. The van der Waals surface area contributed by atoms with Gasteiger partial charge in [-0.25, -0.2) is 9.97 Å². The van der Waals surface area contributed by atoms with Crippen LogP contribution in [0.15, 0.2) is 76.6 Å². The van der Waals surface area contributed by atoms with E-state index < -0.39 is 0 Å². The average molecular weight is 600 g/mol. The number of nitrogens with zero attached hydrogens (tertiary/aromatic N) is 4. The van der Waals surface area contributed by atoms with Crippen LogP contribution in [-0.4, -0.2) is 32.3 Å². The lowest BCUT2D eigenvalue weighted by molar-refractivity contribution is 0.226. The number of aromatic nitrogens is 4.